The van der Waals surface area contributed by atoms with Crippen molar-refractivity contribution in [1.82, 2.24) is 9.88 Å². The maximum atomic E-state index is 12.5. The number of rotatable bonds is 3. The third-order valence-electron chi connectivity index (χ3n) is 4.07. The number of carbonyl (C=O) groups is 1. The first-order chi connectivity index (χ1) is 8.90. The minimum atomic E-state index is 0.0931. The summed E-state index contributed by atoms with van der Waals surface area (Å²) in [6, 6.07) is 0.292. The number of amides is 1. The summed E-state index contributed by atoms with van der Waals surface area (Å²) in [6.07, 6.45) is 2.73. The number of hydrogen-bond acceptors (Lipinski definition) is 4. The molecule has 1 saturated carbocycles. The highest BCUT2D eigenvalue weighted by atomic mass is 32.1. The molecule has 1 aromatic heterocycles. The van der Waals surface area contributed by atoms with E-state index in [1.165, 1.54) is 4.88 Å². The van der Waals surface area contributed by atoms with Gasteiger partial charge in [-0.15, -0.1) is 11.3 Å². The molecule has 4 nitrogen and oxygen atoms in total. The van der Waals surface area contributed by atoms with Crippen molar-refractivity contribution in [1.29, 1.82) is 0 Å². The Morgan fingerprint density at radius 3 is 2.63 bits per heavy atom. The quantitative estimate of drug-likeness (QED) is 0.925. The SMILES string of the molecule is Cc1nc(C)c([C@H](C)N(C)C(=O)[C@@H]2CC[C@@H](N)C2)s1. The lowest BCUT2D eigenvalue weighted by Gasteiger charge is -2.27. The number of aromatic nitrogens is 1. The lowest BCUT2D eigenvalue weighted by molar-refractivity contribution is -0.135. The van der Waals surface area contributed by atoms with Gasteiger partial charge in [-0.2, -0.15) is 0 Å². The second-order valence-corrected chi connectivity index (χ2v) is 6.81. The van der Waals surface area contributed by atoms with Gasteiger partial charge in [0.15, 0.2) is 0 Å². The number of nitrogens with two attached hydrogens (primary N) is 1. The molecule has 0 aromatic carbocycles. The summed E-state index contributed by atoms with van der Waals surface area (Å²) in [6.45, 7) is 6.09. The van der Waals surface area contributed by atoms with Crippen LogP contribution in [0.15, 0.2) is 0 Å². The number of hydrogen-bond donors (Lipinski definition) is 1. The topological polar surface area (TPSA) is 59.2 Å². The van der Waals surface area contributed by atoms with Crippen LogP contribution in [-0.2, 0) is 4.79 Å². The van der Waals surface area contributed by atoms with Crippen molar-refractivity contribution in [2.75, 3.05) is 7.05 Å². The van der Waals surface area contributed by atoms with Gasteiger partial charge in [0, 0.05) is 23.9 Å². The van der Waals surface area contributed by atoms with Gasteiger partial charge in [0.05, 0.1) is 16.7 Å². The van der Waals surface area contributed by atoms with Crippen molar-refractivity contribution in [2.45, 2.75) is 52.1 Å². The Morgan fingerprint density at radius 2 is 2.16 bits per heavy atom. The second-order valence-electron chi connectivity index (χ2n) is 5.58. The molecule has 0 spiro atoms. The van der Waals surface area contributed by atoms with Crippen LogP contribution in [0, 0.1) is 19.8 Å². The molecule has 0 bridgehead atoms. The standard InChI is InChI=1S/C14H23N3OS/c1-8-13(19-10(3)16-8)9(2)17(4)14(18)11-5-6-12(15)7-11/h9,11-12H,5-7,15H2,1-4H3/t9-,11+,12+/m0/s1. The van der Waals surface area contributed by atoms with Crippen molar-refractivity contribution >= 4 is 17.2 Å². The van der Waals surface area contributed by atoms with Crippen LogP contribution in [0.25, 0.3) is 0 Å². The van der Waals surface area contributed by atoms with E-state index in [1.54, 1.807) is 11.3 Å². The van der Waals surface area contributed by atoms with Crippen LogP contribution in [0.1, 0.15) is 47.8 Å². The summed E-state index contributed by atoms with van der Waals surface area (Å²) < 4.78 is 0. The first-order valence-corrected chi connectivity index (χ1v) is 7.68. The van der Waals surface area contributed by atoms with E-state index >= 15 is 0 Å². The number of nitrogens with zero attached hydrogens (tertiary/aromatic N) is 2. The molecule has 5 heteroatoms. The molecule has 106 valence electrons. The summed E-state index contributed by atoms with van der Waals surface area (Å²) in [5.41, 5.74) is 6.94. The zero-order valence-corrected chi connectivity index (χ0v) is 13.0. The van der Waals surface area contributed by atoms with Gasteiger partial charge in [-0.05, 0) is 40.0 Å². The molecule has 3 atom stereocenters. The van der Waals surface area contributed by atoms with E-state index in [2.05, 4.69) is 11.9 Å². The Bertz CT molecular complexity index is 471. The molecule has 1 amide bonds. The van der Waals surface area contributed by atoms with Crippen LogP contribution in [0.2, 0.25) is 0 Å². The maximum Gasteiger partial charge on any atom is 0.226 e. The predicted molar refractivity (Wildman–Crippen MR) is 78.1 cm³/mol. The van der Waals surface area contributed by atoms with E-state index in [0.29, 0.717) is 0 Å². The van der Waals surface area contributed by atoms with E-state index < -0.39 is 0 Å². The van der Waals surface area contributed by atoms with Crippen LogP contribution in [0.5, 0.6) is 0 Å². The van der Waals surface area contributed by atoms with E-state index in [1.807, 2.05) is 25.8 Å². The molecule has 0 saturated heterocycles. The zero-order valence-electron chi connectivity index (χ0n) is 12.1. The van der Waals surface area contributed by atoms with Crippen molar-refractivity contribution < 1.29 is 4.79 Å². The Hall–Kier alpha value is -0.940. The van der Waals surface area contributed by atoms with Gasteiger partial charge in [0.1, 0.15) is 0 Å². The van der Waals surface area contributed by atoms with Crippen LogP contribution >= 0.6 is 11.3 Å². The zero-order chi connectivity index (χ0) is 14.2. The highest BCUT2D eigenvalue weighted by Gasteiger charge is 2.32. The predicted octanol–water partition coefficient (Wildman–Crippen LogP) is 2.41. The molecule has 1 heterocycles. The summed E-state index contributed by atoms with van der Waals surface area (Å²) in [5, 5.41) is 1.06. The molecular weight excluding hydrogens is 258 g/mol. The van der Waals surface area contributed by atoms with E-state index in [-0.39, 0.29) is 23.9 Å². The molecule has 19 heavy (non-hydrogen) atoms. The van der Waals surface area contributed by atoms with E-state index in [4.69, 9.17) is 5.73 Å². The molecular formula is C14H23N3OS. The minimum Gasteiger partial charge on any atom is -0.338 e. The van der Waals surface area contributed by atoms with Gasteiger partial charge < -0.3 is 10.6 Å². The molecule has 2 rings (SSSR count). The lowest BCUT2D eigenvalue weighted by atomic mass is 10.1. The number of carbonyl (C=O) groups excluding carboxylic acids is 1. The Balaban J connectivity index is 2.08. The van der Waals surface area contributed by atoms with E-state index in [0.717, 1.165) is 30.0 Å². The van der Waals surface area contributed by atoms with Crippen molar-refractivity contribution in [3.8, 4) is 0 Å². The maximum absolute atomic E-state index is 12.5. The molecule has 1 aliphatic rings. The fourth-order valence-corrected chi connectivity index (χ4v) is 3.85. The fraction of sp³-hybridized carbons (Fsp3) is 0.714. The van der Waals surface area contributed by atoms with Crippen molar-refractivity contribution in [3.63, 3.8) is 0 Å². The molecule has 0 radical (unpaired) electrons. The number of thiazole rings is 1. The monoisotopic (exact) mass is 281 g/mol. The summed E-state index contributed by atoms with van der Waals surface area (Å²) in [4.78, 5) is 20.0. The second kappa shape index (κ2) is 5.59. The van der Waals surface area contributed by atoms with Crippen LogP contribution in [0.3, 0.4) is 0 Å². The van der Waals surface area contributed by atoms with Gasteiger partial charge in [-0.25, -0.2) is 4.98 Å². The molecule has 2 N–H and O–H groups in total. The van der Waals surface area contributed by atoms with Crippen LogP contribution < -0.4 is 5.73 Å². The summed E-state index contributed by atoms with van der Waals surface area (Å²) >= 11 is 1.68. The van der Waals surface area contributed by atoms with Crippen molar-refractivity contribution in [3.05, 3.63) is 15.6 Å². The van der Waals surface area contributed by atoms with Crippen LogP contribution in [0.4, 0.5) is 0 Å². The normalized spacial score (nSPS) is 24.5. The highest BCUT2D eigenvalue weighted by molar-refractivity contribution is 7.11. The van der Waals surface area contributed by atoms with Gasteiger partial charge in [0.2, 0.25) is 5.91 Å². The first-order valence-electron chi connectivity index (χ1n) is 6.86. The molecule has 1 aliphatic carbocycles. The first kappa shape index (κ1) is 14.5. The van der Waals surface area contributed by atoms with Crippen molar-refractivity contribution in [2.24, 2.45) is 11.7 Å². The lowest BCUT2D eigenvalue weighted by Crippen LogP contribution is -2.34. The molecule has 0 aliphatic heterocycles. The Kier molecular flexibility index (Phi) is 4.26. The minimum absolute atomic E-state index is 0.0931. The van der Waals surface area contributed by atoms with Gasteiger partial charge >= 0.3 is 0 Å². The third kappa shape index (κ3) is 2.98. The van der Waals surface area contributed by atoms with Gasteiger partial charge in [-0.3, -0.25) is 4.79 Å². The summed E-state index contributed by atoms with van der Waals surface area (Å²) in [7, 11) is 1.89. The third-order valence-corrected chi connectivity index (χ3v) is 5.31. The Labute approximate surface area is 119 Å². The summed E-state index contributed by atoms with van der Waals surface area (Å²) in [5.74, 6) is 0.336. The smallest absolute Gasteiger partial charge is 0.226 e. The highest BCUT2D eigenvalue weighted by Crippen LogP contribution is 2.32. The average Bonchev–Trinajstić information content (AvgIpc) is 2.92. The number of aryl methyl sites for hydroxylation is 2. The molecule has 1 fully saturated rings. The van der Waals surface area contributed by atoms with Gasteiger partial charge in [0.25, 0.3) is 0 Å². The van der Waals surface area contributed by atoms with E-state index in [9.17, 15) is 4.79 Å². The van der Waals surface area contributed by atoms with Gasteiger partial charge in [-0.1, -0.05) is 0 Å². The largest absolute Gasteiger partial charge is 0.338 e. The molecule has 1 aromatic rings. The average molecular weight is 281 g/mol. The Morgan fingerprint density at radius 1 is 1.47 bits per heavy atom. The fourth-order valence-electron chi connectivity index (χ4n) is 2.83. The van der Waals surface area contributed by atoms with Crippen LogP contribution in [-0.4, -0.2) is 28.9 Å². The molecule has 0 unspecified atom stereocenters.